The Hall–Kier alpha value is -2.03. The van der Waals surface area contributed by atoms with E-state index in [0.717, 1.165) is 23.7 Å². The first-order chi connectivity index (χ1) is 11.3. The van der Waals surface area contributed by atoms with Crippen molar-refractivity contribution in [1.82, 2.24) is 5.32 Å². The quantitative estimate of drug-likeness (QED) is 0.829. The number of carbonyl (C=O) groups is 1. The SMILES string of the molecule is O=C(CCC1CCCCC1)NC(c1ccccc1)c1ccco1. The standard InChI is InChI=1S/C20H25NO2/c22-19(14-13-16-8-3-1-4-9-16)21-20(18-12-7-15-23-18)17-10-5-2-6-11-17/h2,5-7,10-12,15-16,20H,1,3-4,8-9,13-14H2,(H,21,22). The Balaban J connectivity index is 1.61. The fraction of sp³-hybridized carbons (Fsp3) is 0.450. The van der Waals surface area contributed by atoms with Crippen molar-refractivity contribution in [3.05, 3.63) is 60.1 Å². The van der Waals surface area contributed by atoms with Crippen molar-refractivity contribution in [3.63, 3.8) is 0 Å². The second-order valence-electron chi connectivity index (χ2n) is 6.47. The van der Waals surface area contributed by atoms with E-state index in [-0.39, 0.29) is 11.9 Å². The smallest absolute Gasteiger partial charge is 0.220 e. The Morgan fingerprint density at radius 1 is 1.09 bits per heavy atom. The van der Waals surface area contributed by atoms with Crippen LogP contribution in [-0.2, 0) is 4.79 Å². The van der Waals surface area contributed by atoms with E-state index < -0.39 is 0 Å². The minimum absolute atomic E-state index is 0.112. The van der Waals surface area contributed by atoms with E-state index >= 15 is 0 Å². The molecule has 0 saturated heterocycles. The number of benzene rings is 1. The van der Waals surface area contributed by atoms with E-state index in [9.17, 15) is 4.79 Å². The first-order valence-electron chi connectivity index (χ1n) is 8.70. The number of carbonyl (C=O) groups excluding carboxylic acids is 1. The van der Waals surface area contributed by atoms with Crippen molar-refractivity contribution >= 4 is 5.91 Å². The lowest BCUT2D eigenvalue weighted by Crippen LogP contribution is -2.29. The molecule has 1 N–H and O–H groups in total. The lowest BCUT2D eigenvalue weighted by molar-refractivity contribution is -0.122. The summed E-state index contributed by atoms with van der Waals surface area (Å²) >= 11 is 0. The van der Waals surface area contributed by atoms with Crippen molar-refractivity contribution in [2.45, 2.75) is 51.0 Å². The Kier molecular flexibility index (Phi) is 5.51. The van der Waals surface area contributed by atoms with Crippen LogP contribution in [-0.4, -0.2) is 5.91 Å². The first-order valence-corrected chi connectivity index (χ1v) is 8.70. The summed E-state index contributed by atoms with van der Waals surface area (Å²) in [5.41, 5.74) is 1.05. The van der Waals surface area contributed by atoms with Gasteiger partial charge < -0.3 is 9.73 Å². The molecule has 1 fully saturated rings. The predicted molar refractivity (Wildman–Crippen MR) is 90.9 cm³/mol. The molecule has 1 aliphatic rings. The van der Waals surface area contributed by atoms with E-state index in [0.29, 0.717) is 6.42 Å². The van der Waals surface area contributed by atoms with Crippen LogP contribution in [0.25, 0.3) is 0 Å². The Morgan fingerprint density at radius 2 is 1.87 bits per heavy atom. The molecular formula is C20H25NO2. The summed E-state index contributed by atoms with van der Waals surface area (Å²) in [7, 11) is 0. The highest BCUT2D eigenvalue weighted by molar-refractivity contribution is 5.76. The number of nitrogens with one attached hydrogen (secondary N) is 1. The summed E-state index contributed by atoms with van der Waals surface area (Å²) in [6, 6.07) is 13.6. The molecule has 1 atom stereocenters. The monoisotopic (exact) mass is 311 g/mol. The van der Waals surface area contributed by atoms with Gasteiger partial charge in [-0.3, -0.25) is 4.79 Å². The van der Waals surface area contributed by atoms with E-state index in [1.165, 1.54) is 32.1 Å². The molecule has 1 amide bonds. The Labute approximate surface area is 138 Å². The fourth-order valence-corrected chi connectivity index (χ4v) is 3.46. The van der Waals surface area contributed by atoms with Crippen LogP contribution in [0.1, 0.15) is 62.3 Å². The van der Waals surface area contributed by atoms with E-state index in [1.54, 1.807) is 6.26 Å². The second-order valence-corrected chi connectivity index (χ2v) is 6.47. The molecule has 23 heavy (non-hydrogen) atoms. The third-order valence-electron chi connectivity index (χ3n) is 4.77. The van der Waals surface area contributed by atoms with Gasteiger partial charge in [0, 0.05) is 6.42 Å². The Morgan fingerprint density at radius 3 is 2.57 bits per heavy atom. The normalized spacial score (nSPS) is 16.9. The van der Waals surface area contributed by atoms with Gasteiger partial charge in [0.15, 0.2) is 0 Å². The molecule has 3 heteroatoms. The van der Waals surface area contributed by atoms with Crippen LogP contribution >= 0.6 is 0 Å². The molecule has 1 aliphatic carbocycles. The largest absolute Gasteiger partial charge is 0.467 e. The summed E-state index contributed by atoms with van der Waals surface area (Å²) in [6.07, 6.45) is 9.84. The highest BCUT2D eigenvalue weighted by Gasteiger charge is 2.20. The van der Waals surface area contributed by atoms with Gasteiger partial charge in [0.25, 0.3) is 0 Å². The van der Waals surface area contributed by atoms with Gasteiger partial charge in [0.1, 0.15) is 11.8 Å². The second kappa shape index (κ2) is 8.00. The zero-order chi connectivity index (χ0) is 15.9. The van der Waals surface area contributed by atoms with Crippen LogP contribution in [0.2, 0.25) is 0 Å². The number of amides is 1. The zero-order valence-corrected chi connectivity index (χ0v) is 13.5. The van der Waals surface area contributed by atoms with Gasteiger partial charge >= 0.3 is 0 Å². The van der Waals surface area contributed by atoms with Crippen LogP contribution in [0.5, 0.6) is 0 Å². The van der Waals surface area contributed by atoms with Gasteiger partial charge in [-0.25, -0.2) is 0 Å². The summed E-state index contributed by atoms with van der Waals surface area (Å²) in [5, 5.41) is 3.14. The first kappa shape index (κ1) is 15.9. The molecular weight excluding hydrogens is 286 g/mol. The molecule has 122 valence electrons. The summed E-state index contributed by atoms with van der Waals surface area (Å²) in [5.74, 6) is 1.62. The highest BCUT2D eigenvalue weighted by atomic mass is 16.3. The summed E-state index contributed by atoms with van der Waals surface area (Å²) in [4.78, 5) is 12.4. The summed E-state index contributed by atoms with van der Waals surface area (Å²) in [6.45, 7) is 0. The van der Waals surface area contributed by atoms with Gasteiger partial charge in [-0.05, 0) is 30.0 Å². The number of rotatable bonds is 6. The maximum Gasteiger partial charge on any atom is 0.220 e. The van der Waals surface area contributed by atoms with Crippen LogP contribution in [0.3, 0.4) is 0 Å². The predicted octanol–water partition coefficient (Wildman–Crippen LogP) is 4.85. The lowest BCUT2D eigenvalue weighted by atomic mass is 9.86. The van der Waals surface area contributed by atoms with E-state index in [1.807, 2.05) is 42.5 Å². The Bertz CT molecular complexity index is 585. The minimum Gasteiger partial charge on any atom is -0.467 e. The fourth-order valence-electron chi connectivity index (χ4n) is 3.46. The molecule has 0 bridgehead atoms. The molecule has 0 aliphatic heterocycles. The number of hydrogen-bond donors (Lipinski definition) is 1. The van der Waals surface area contributed by atoms with Crippen molar-refractivity contribution in [1.29, 1.82) is 0 Å². The number of hydrogen-bond acceptors (Lipinski definition) is 2. The molecule has 0 radical (unpaired) electrons. The molecule has 1 aromatic carbocycles. The van der Waals surface area contributed by atoms with E-state index in [2.05, 4.69) is 5.32 Å². The third-order valence-corrected chi connectivity index (χ3v) is 4.77. The van der Waals surface area contributed by atoms with Crippen LogP contribution in [0.4, 0.5) is 0 Å². The third kappa shape index (κ3) is 4.47. The molecule has 3 rings (SSSR count). The summed E-state index contributed by atoms with van der Waals surface area (Å²) < 4.78 is 5.53. The molecule has 1 saturated carbocycles. The average Bonchev–Trinajstić information content (AvgIpc) is 3.14. The van der Waals surface area contributed by atoms with Gasteiger partial charge in [0.2, 0.25) is 5.91 Å². The number of furan rings is 1. The van der Waals surface area contributed by atoms with Crippen LogP contribution in [0, 0.1) is 5.92 Å². The average molecular weight is 311 g/mol. The molecule has 1 heterocycles. The van der Waals surface area contributed by atoms with Crippen molar-refractivity contribution < 1.29 is 9.21 Å². The molecule has 3 nitrogen and oxygen atoms in total. The molecule has 1 unspecified atom stereocenters. The van der Waals surface area contributed by atoms with Crippen molar-refractivity contribution in [2.75, 3.05) is 0 Å². The van der Waals surface area contributed by atoms with Crippen molar-refractivity contribution in [2.24, 2.45) is 5.92 Å². The van der Waals surface area contributed by atoms with E-state index in [4.69, 9.17) is 4.42 Å². The van der Waals surface area contributed by atoms with Crippen LogP contribution < -0.4 is 5.32 Å². The molecule has 2 aromatic rings. The molecule has 1 aromatic heterocycles. The minimum atomic E-state index is -0.204. The van der Waals surface area contributed by atoms with Gasteiger partial charge in [-0.15, -0.1) is 0 Å². The topological polar surface area (TPSA) is 42.2 Å². The molecule has 0 spiro atoms. The van der Waals surface area contributed by atoms with Gasteiger partial charge in [0.05, 0.1) is 6.26 Å². The lowest BCUT2D eigenvalue weighted by Gasteiger charge is -2.22. The highest BCUT2D eigenvalue weighted by Crippen LogP contribution is 2.28. The maximum absolute atomic E-state index is 12.4. The van der Waals surface area contributed by atoms with Gasteiger partial charge in [-0.1, -0.05) is 62.4 Å². The van der Waals surface area contributed by atoms with Crippen molar-refractivity contribution in [3.8, 4) is 0 Å². The zero-order valence-electron chi connectivity index (χ0n) is 13.5. The maximum atomic E-state index is 12.4. The van der Waals surface area contributed by atoms with Gasteiger partial charge in [-0.2, -0.15) is 0 Å². The van der Waals surface area contributed by atoms with Crippen LogP contribution in [0.15, 0.2) is 53.1 Å².